The van der Waals surface area contributed by atoms with Crippen LogP contribution in [0.3, 0.4) is 0 Å². The number of carbonyl (C=O) groups excluding carboxylic acids is 1. The second-order valence-electron chi connectivity index (χ2n) is 4.94. The van der Waals surface area contributed by atoms with E-state index in [1.807, 2.05) is 28.8 Å². The number of benzene rings is 1. The maximum atomic E-state index is 12.5. The number of phenolic OH excluding ortho intramolecular Hbond substituents is 1. The van der Waals surface area contributed by atoms with Gasteiger partial charge < -0.3 is 10.0 Å². The van der Waals surface area contributed by atoms with Gasteiger partial charge in [0.1, 0.15) is 5.75 Å². The van der Waals surface area contributed by atoms with Crippen molar-refractivity contribution in [2.75, 3.05) is 23.0 Å². The zero-order valence-corrected chi connectivity index (χ0v) is 11.1. The Morgan fingerprint density at radius 1 is 1.44 bits per heavy atom. The van der Waals surface area contributed by atoms with Crippen LogP contribution in [-0.4, -0.2) is 29.1 Å². The lowest BCUT2D eigenvalue weighted by molar-refractivity contribution is -0.121. The fraction of sp³-hybridized carbons (Fsp3) is 0.500. The number of amides is 1. The number of anilines is 1. The number of thioether (sulfide) groups is 1. The molecular weight excluding hydrogens is 246 g/mol. The van der Waals surface area contributed by atoms with E-state index in [0.717, 1.165) is 48.6 Å². The molecule has 2 heterocycles. The minimum atomic E-state index is 0.139. The van der Waals surface area contributed by atoms with Crippen molar-refractivity contribution in [1.29, 1.82) is 0 Å². The number of rotatable bonds is 1. The molecule has 0 radical (unpaired) electrons. The van der Waals surface area contributed by atoms with Crippen molar-refractivity contribution in [2.24, 2.45) is 5.92 Å². The van der Waals surface area contributed by atoms with Gasteiger partial charge in [0.2, 0.25) is 5.91 Å². The van der Waals surface area contributed by atoms with E-state index in [0.29, 0.717) is 0 Å². The van der Waals surface area contributed by atoms with E-state index < -0.39 is 0 Å². The summed E-state index contributed by atoms with van der Waals surface area (Å²) in [6.45, 7) is 0.741. The van der Waals surface area contributed by atoms with E-state index in [4.69, 9.17) is 0 Å². The Morgan fingerprint density at radius 3 is 3.11 bits per heavy atom. The van der Waals surface area contributed by atoms with Gasteiger partial charge >= 0.3 is 0 Å². The van der Waals surface area contributed by atoms with Gasteiger partial charge in [-0.15, -0.1) is 0 Å². The lowest BCUT2D eigenvalue weighted by atomic mass is 9.98. The average Bonchev–Trinajstić information content (AvgIpc) is 2.91. The van der Waals surface area contributed by atoms with Crippen molar-refractivity contribution in [3.8, 4) is 5.75 Å². The molecule has 1 atom stereocenters. The topological polar surface area (TPSA) is 40.5 Å². The summed E-state index contributed by atoms with van der Waals surface area (Å²) in [4.78, 5) is 14.3. The predicted molar refractivity (Wildman–Crippen MR) is 74.2 cm³/mol. The van der Waals surface area contributed by atoms with Gasteiger partial charge in [0, 0.05) is 18.2 Å². The summed E-state index contributed by atoms with van der Waals surface area (Å²) in [6, 6.07) is 5.54. The minimum Gasteiger partial charge on any atom is -0.506 e. The molecule has 1 aromatic carbocycles. The first-order valence-corrected chi connectivity index (χ1v) is 7.63. The van der Waals surface area contributed by atoms with Crippen LogP contribution < -0.4 is 4.90 Å². The number of hydrogen-bond acceptors (Lipinski definition) is 3. The number of fused-ring (bicyclic) bond motifs is 1. The fourth-order valence-electron chi connectivity index (χ4n) is 2.80. The molecule has 0 bridgehead atoms. The van der Waals surface area contributed by atoms with Gasteiger partial charge in [-0.3, -0.25) is 4.79 Å². The van der Waals surface area contributed by atoms with Gasteiger partial charge in [0.05, 0.1) is 5.69 Å². The highest BCUT2D eigenvalue weighted by atomic mass is 32.2. The van der Waals surface area contributed by atoms with E-state index >= 15 is 0 Å². The lowest BCUT2D eigenvalue weighted by Crippen LogP contribution is -2.39. The monoisotopic (exact) mass is 263 g/mol. The standard InChI is InChI=1S/C14H17NO2S/c16-12-5-1-3-10-4-2-7-15(13(10)12)14(17)11-6-8-18-9-11/h1,3,5,11,16H,2,4,6-9H2. The summed E-state index contributed by atoms with van der Waals surface area (Å²) in [5.41, 5.74) is 1.85. The molecule has 96 valence electrons. The molecule has 2 aliphatic rings. The highest BCUT2D eigenvalue weighted by Crippen LogP contribution is 2.37. The molecule has 18 heavy (non-hydrogen) atoms. The third-order valence-corrected chi connectivity index (χ3v) is 4.90. The Balaban J connectivity index is 1.93. The number of para-hydroxylation sites is 1. The van der Waals surface area contributed by atoms with Gasteiger partial charge in [0.15, 0.2) is 0 Å². The van der Waals surface area contributed by atoms with E-state index in [-0.39, 0.29) is 17.6 Å². The molecule has 3 rings (SSSR count). The highest BCUT2D eigenvalue weighted by Gasteiger charge is 2.32. The molecule has 1 amide bonds. The van der Waals surface area contributed by atoms with E-state index in [1.54, 1.807) is 6.07 Å². The Labute approximate surface area is 111 Å². The van der Waals surface area contributed by atoms with Crippen LogP contribution in [0, 0.1) is 5.92 Å². The minimum absolute atomic E-state index is 0.139. The number of phenols is 1. The molecule has 4 heteroatoms. The molecule has 1 saturated heterocycles. The normalized spacial score (nSPS) is 22.9. The summed E-state index contributed by atoms with van der Waals surface area (Å²) >= 11 is 1.85. The first-order valence-electron chi connectivity index (χ1n) is 6.47. The van der Waals surface area contributed by atoms with Crippen molar-refractivity contribution < 1.29 is 9.90 Å². The van der Waals surface area contributed by atoms with Crippen LogP contribution in [0.25, 0.3) is 0 Å². The third kappa shape index (κ3) is 1.99. The molecular formula is C14H17NO2S. The molecule has 1 aromatic rings. The Morgan fingerprint density at radius 2 is 2.33 bits per heavy atom. The zero-order chi connectivity index (χ0) is 12.5. The molecule has 1 fully saturated rings. The quantitative estimate of drug-likeness (QED) is 0.846. The fourth-order valence-corrected chi connectivity index (χ4v) is 4.01. The number of aromatic hydroxyl groups is 1. The van der Waals surface area contributed by atoms with Crippen LogP contribution in [-0.2, 0) is 11.2 Å². The van der Waals surface area contributed by atoms with Gasteiger partial charge in [-0.2, -0.15) is 11.8 Å². The van der Waals surface area contributed by atoms with Crippen LogP contribution in [0.15, 0.2) is 18.2 Å². The summed E-state index contributed by atoms with van der Waals surface area (Å²) in [6.07, 6.45) is 2.91. The summed E-state index contributed by atoms with van der Waals surface area (Å²) in [5, 5.41) is 10.0. The maximum Gasteiger partial charge on any atom is 0.231 e. The first-order chi connectivity index (χ1) is 8.77. The molecule has 2 aliphatic heterocycles. The largest absolute Gasteiger partial charge is 0.506 e. The van der Waals surface area contributed by atoms with Gasteiger partial charge in [-0.05, 0) is 36.6 Å². The van der Waals surface area contributed by atoms with Gasteiger partial charge in [0.25, 0.3) is 0 Å². The second kappa shape index (κ2) is 4.84. The van der Waals surface area contributed by atoms with Crippen molar-refractivity contribution in [1.82, 2.24) is 0 Å². The van der Waals surface area contributed by atoms with Crippen molar-refractivity contribution in [3.63, 3.8) is 0 Å². The van der Waals surface area contributed by atoms with Crippen LogP contribution in [0.5, 0.6) is 5.75 Å². The van der Waals surface area contributed by atoms with Crippen molar-refractivity contribution >= 4 is 23.4 Å². The van der Waals surface area contributed by atoms with Gasteiger partial charge in [-0.25, -0.2) is 0 Å². The molecule has 1 unspecified atom stereocenters. The zero-order valence-electron chi connectivity index (χ0n) is 10.3. The highest BCUT2D eigenvalue weighted by molar-refractivity contribution is 7.99. The van der Waals surface area contributed by atoms with E-state index in [2.05, 4.69) is 0 Å². The summed E-state index contributed by atoms with van der Waals surface area (Å²) in [7, 11) is 0. The van der Waals surface area contributed by atoms with E-state index in [1.165, 1.54) is 0 Å². The lowest BCUT2D eigenvalue weighted by Gasteiger charge is -2.31. The van der Waals surface area contributed by atoms with E-state index in [9.17, 15) is 9.90 Å². The molecule has 0 spiro atoms. The average molecular weight is 263 g/mol. The van der Waals surface area contributed by atoms with Crippen LogP contribution in [0.4, 0.5) is 5.69 Å². The van der Waals surface area contributed by atoms with Crippen molar-refractivity contribution in [2.45, 2.75) is 19.3 Å². The molecule has 0 saturated carbocycles. The Bertz CT molecular complexity index is 469. The predicted octanol–water partition coefficient (Wildman–Crippen LogP) is 2.42. The summed E-state index contributed by atoms with van der Waals surface area (Å²) in [5.74, 6) is 2.59. The molecule has 0 aliphatic carbocycles. The molecule has 1 N–H and O–H groups in total. The molecule has 3 nitrogen and oxygen atoms in total. The second-order valence-corrected chi connectivity index (χ2v) is 6.09. The smallest absolute Gasteiger partial charge is 0.231 e. The third-order valence-electron chi connectivity index (χ3n) is 3.74. The van der Waals surface area contributed by atoms with Crippen LogP contribution >= 0.6 is 11.8 Å². The number of hydrogen-bond donors (Lipinski definition) is 1. The number of nitrogens with zero attached hydrogens (tertiary/aromatic N) is 1. The number of carbonyl (C=O) groups is 1. The first kappa shape index (κ1) is 11.9. The van der Waals surface area contributed by atoms with Gasteiger partial charge in [-0.1, -0.05) is 12.1 Å². The summed E-state index contributed by atoms with van der Waals surface area (Å²) < 4.78 is 0. The SMILES string of the molecule is O=C(C1CCSC1)N1CCCc2cccc(O)c21. The van der Waals surface area contributed by atoms with Crippen molar-refractivity contribution in [3.05, 3.63) is 23.8 Å². The van der Waals surface area contributed by atoms with Crippen LogP contribution in [0.2, 0.25) is 0 Å². The Hall–Kier alpha value is -1.16. The maximum absolute atomic E-state index is 12.5. The molecule has 0 aromatic heterocycles. The Kier molecular flexibility index (Phi) is 3.20. The number of aryl methyl sites for hydroxylation is 1. The van der Waals surface area contributed by atoms with Crippen LogP contribution in [0.1, 0.15) is 18.4 Å².